The van der Waals surface area contributed by atoms with Crippen molar-refractivity contribution in [2.45, 2.75) is 64.9 Å². The maximum absolute atomic E-state index is 13.5. The van der Waals surface area contributed by atoms with Crippen molar-refractivity contribution in [1.82, 2.24) is 24.8 Å². The minimum atomic E-state index is -1.57. The fourth-order valence-electron chi connectivity index (χ4n) is 4.39. The lowest BCUT2D eigenvalue weighted by Gasteiger charge is -2.44. The number of amides is 2. The molecule has 2 N–H and O–H groups in total. The average Bonchev–Trinajstić information content (AvgIpc) is 3.33. The van der Waals surface area contributed by atoms with E-state index in [-0.39, 0.29) is 28.8 Å². The van der Waals surface area contributed by atoms with Crippen molar-refractivity contribution in [2.24, 2.45) is 0 Å². The first-order valence-corrected chi connectivity index (χ1v) is 13.0. The number of hydrogen-bond donors (Lipinski definition) is 2. The van der Waals surface area contributed by atoms with E-state index in [0.717, 1.165) is 26.3 Å². The van der Waals surface area contributed by atoms with Gasteiger partial charge in [-0.2, -0.15) is 9.97 Å². The number of hydrogen-bond acceptors (Lipinski definition) is 12. The van der Waals surface area contributed by atoms with Gasteiger partial charge in [-0.05, 0) is 5.56 Å². The Labute approximate surface area is 243 Å². The minimum absolute atomic E-state index is 0.0249. The zero-order valence-corrected chi connectivity index (χ0v) is 23.7. The predicted octanol–water partition coefficient (Wildman–Crippen LogP) is 1.45. The Kier molecular flexibility index (Phi) is 9.32. The second kappa shape index (κ2) is 12.9. The number of aromatic nitrogens is 4. The largest absolute Gasteiger partial charge is 0.455 e. The highest BCUT2D eigenvalue weighted by atomic mass is 35.5. The number of carbonyl (C=O) groups is 5. The Morgan fingerprint density at radius 1 is 0.905 bits per heavy atom. The molecule has 1 unspecified atom stereocenters. The summed E-state index contributed by atoms with van der Waals surface area (Å²) in [6, 6.07) is 8.99. The molecular formula is C26H27ClN6O9. The number of anilines is 1. The fourth-order valence-corrected chi connectivity index (χ4v) is 4.61. The van der Waals surface area contributed by atoms with Gasteiger partial charge in [0.15, 0.2) is 41.4 Å². The molecule has 1 fully saturated rings. The lowest BCUT2D eigenvalue weighted by atomic mass is 9.96. The second-order valence-corrected chi connectivity index (χ2v) is 9.57. The van der Waals surface area contributed by atoms with Gasteiger partial charge in [0.1, 0.15) is 5.52 Å². The van der Waals surface area contributed by atoms with Crippen LogP contribution in [0.4, 0.5) is 5.95 Å². The Bertz CT molecular complexity index is 1510. The molecule has 4 rings (SSSR count). The molecule has 5 atom stereocenters. The van der Waals surface area contributed by atoms with Gasteiger partial charge in [0.25, 0.3) is 5.91 Å². The topological polar surface area (TPSA) is 190 Å². The summed E-state index contributed by atoms with van der Waals surface area (Å²) in [5, 5.41) is 5.02. The number of rotatable bonds is 8. The third-order valence-corrected chi connectivity index (χ3v) is 6.19. The van der Waals surface area contributed by atoms with Crippen molar-refractivity contribution < 1.29 is 42.9 Å². The Balaban J connectivity index is 1.82. The van der Waals surface area contributed by atoms with Crippen LogP contribution in [0.5, 0.6) is 0 Å². The molecular weight excluding hydrogens is 576 g/mol. The summed E-state index contributed by atoms with van der Waals surface area (Å²) in [6.45, 7) is 4.66. The van der Waals surface area contributed by atoms with Crippen LogP contribution in [-0.4, -0.2) is 73.7 Å². The standard InChI is InChI=1S/C26H27ClN6O9/c1-12(34)30-26-31-22(27)17-23(32-26)33(11-29-17)25-21(41-15(4)37)19(40-14(3)36)18(39-13(2)35)20(42-25)24(38)28-10-16-8-6-5-7-9-16/h5-9,11,18-21,25H,10H2,1-4H3,(H,28,38)(H,30,31,32,34)/t18-,19+,20-,21+,25?/m0/s1. The van der Waals surface area contributed by atoms with E-state index in [1.807, 2.05) is 6.07 Å². The van der Waals surface area contributed by atoms with E-state index in [1.165, 1.54) is 17.8 Å². The summed E-state index contributed by atoms with van der Waals surface area (Å²) < 4.78 is 23.9. The molecule has 222 valence electrons. The van der Waals surface area contributed by atoms with Crippen LogP contribution in [0.15, 0.2) is 36.7 Å². The van der Waals surface area contributed by atoms with Crippen molar-refractivity contribution >= 4 is 58.4 Å². The summed E-state index contributed by atoms with van der Waals surface area (Å²) in [4.78, 5) is 74.2. The van der Waals surface area contributed by atoms with Crippen molar-refractivity contribution in [3.05, 3.63) is 47.4 Å². The number of carbonyl (C=O) groups excluding carboxylic acids is 5. The number of ether oxygens (including phenoxy) is 4. The number of halogens is 1. The molecule has 3 heterocycles. The minimum Gasteiger partial charge on any atom is -0.455 e. The molecule has 0 bridgehead atoms. The molecule has 1 aliphatic rings. The third-order valence-electron chi connectivity index (χ3n) is 5.93. The van der Waals surface area contributed by atoms with E-state index in [4.69, 9.17) is 30.5 Å². The second-order valence-electron chi connectivity index (χ2n) is 9.22. The molecule has 1 aliphatic heterocycles. The van der Waals surface area contributed by atoms with E-state index >= 15 is 0 Å². The van der Waals surface area contributed by atoms with Gasteiger partial charge >= 0.3 is 17.9 Å². The van der Waals surface area contributed by atoms with Gasteiger partial charge in [0.05, 0.1) is 6.33 Å². The van der Waals surface area contributed by atoms with E-state index in [9.17, 15) is 24.0 Å². The number of nitrogens with zero attached hydrogens (tertiary/aromatic N) is 4. The van der Waals surface area contributed by atoms with E-state index < -0.39 is 60.4 Å². The quantitative estimate of drug-likeness (QED) is 0.215. The first kappa shape index (κ1) is 30.3. The van der Waals surface area contributed by atoms with Crippen LogP contribution >= 0.6 is 11.6 Å². The summed E-state index contributed by atoms with van der Waals surface area (Å²) in [6.07, 6.45) is -6.25. The molecule has 0 spiro atoms. The van der Waals surface area contributed by atoms with Crippen LogP contribution < -0.4 is 10.6 Å². The zero-order chi connectivity index (χ0) is 30.6. The van der Waals surface area contributed by atoms with Gasteiger partial charge in [-0.25, -0.2) is 4.98 Å². The number of fused-ring (bicyclic) bond motifs is 1. The van der Waals surface area contributed by atoms with Gasteiger partial charge in [-0.3, -0.25) is 33.9 Å². The Hall–Kier alpha value is -4.63. The van der Waals surface area contributed by atoms with Crippen LogP contribution in [0, 0.1) is 0 Å². The smallest absolute Gasteiger partial charge is 0.303 e. The van der Waals surface area contributed by atoms with Gasteiger partial charge in [-0.15, -0.1) is 0 Å². The first-order valence-electron chi connectivity index (χ1n) is 12.6. The molecule has 3 aromatic rings. The number of imidazole rings is 1. The van der Waals surface area contributed by atoms with Crippen molar-refractivity contribution in [2.75, 3.05) is 5.32 Å². The average molecular weight is 603 g/mol. The molecule has 2 aromatic heterocycles. The lowest BCUT2D eigenvalue weighted by Crippen LogP contribution is -2.62. The number of esters is 3. The van der Waals surface area contributed by atoms with E-state index in [1.54, 1.807) is 24.3 Å². The fraction of sp³-hybridized carbons (Fsp3) is 0.385. The maximum Gasteiger partial charge on any atom is 0.303 e. The molecule has 0 saturated carbocycles. The Morgan fingerprint density at radius 3 is 2.14 bits per heavy atom. The molecule has 0 aliphatic carbocycles. The van der Waals surface area contributed by atoms with Crippen LogP contribution in [0.25, 0.3) is 11.2 Å². The first-order chi connectivity index (χ1) is 19.9. The Morgan fingerprint density at radius 2 is 1.52 bits per heavy atom. The SMILES string of the molecule is CC(=O)Nc1nc(Cl)c2ncn(C3O[C@H](C(=O)NCc4ccccc4)[C@@H](OC(C)=O)[C@@H](OC(C)=O)[C@H]3OC(C)=O)c2n1. The zero-order valence-electron chi connectivity index (χ0n) is 22.9. The molecule has 2 amide bonds. The van der Waals surface area contributed by atoms with Gasteiger partial charge < -0.3 is 24.3 Å². The van der Waals surface area contributed by atoms with Crippen LogP contribution in [0.3, 0.4) is 0 Å². The molecule has 1 saturated heterocycles. The number of nitrogens with one attached hydrogen (secondary N) is 2. The predicted molar refractivity (Wildman–Crippen MR) is 143 cm³/mol. The molecule has 42 heavy (non-hydrogen) atoms. The summed E-state index contributed by atoms with van der Waals surface area (Å²) in [7, 11) is 0. The molecule has 1 aromatic carbocycles. The third kappa shape index (κ3) is 6.98. The monoisotopic (exact) mass is 602 g/mol. The molecule has 0 radical (unpaired) electrons. The van der Waals surface area contributed by atoms with Gasteiger partial charge in [0, 0.05) is 34.2 Å². The van der Waals surface area contributed by atoms with Crippen LogP contribution in [0.2, 0.25) is 5.15 Å². The van der Waals surface area contributed by atoms with Crippen molar-refractivity contribution in [1.29, 1.82) is 0 Å². The summed E-state index contributed by atoms with van der Waals surface area (Å²) in [5.41, 5.74) is 0.887. The normalized spacial score (nSPS) is 21.7. The van der Waals surface area contributed by atoms with Gasteiger partial charge in [0.2, 0.25) is 11.9 Å². The van der Waals surface area contributed by atoms with Crippen LogP contribution in [0.1, 0.15) is 39.5 Å². The highest BCUT2D eigenvalue weighted by Gasteiger charge is 2.55. The highest BCUT2D eigenvalue weighted by molar-refractivity contribution is 6.33. The van der Waals surface area contributed by atoms with Crippen molar-refractivity contribution in [3.8, 4) is 0 Å². The summed E-state index contributed by atoms with van der Waals surface area (Å²) in [5.74, 6) is -3.77. The van der Waals surface area contributed by atoms with Crippen molar-refractivity contribution in [3.63, 3.8) is 0 Å². The maximum atomic E-state index is 13.5. The van der Waals surface area contributed by atoms with Gasteiger partial charge in [-0.1, -0.05) is 41.9 Å². The van der Waals surface area contributed by atoms with E-state index in [2.05, 4.69) is 25.6 Å². The highest BCUT2D eigenvalue weighted by Crippen LogP contribution is 2.36. The lowest BCUT2D eigenvalue weighted by molar-refractivity contribution is -0.258. The molecule has 16 heteroatoms. The van der Waals surface area contributed by atoms with E-state index in [0.29, 0.717) is 0 Å². The molecule has 15 nitrogen and oxygen atoms in total. The summed E-state index contributed by atoms with van der Waals surface area (Å²) >= 11 is 6.28. The number of benzene rings is 1. The van der Waals surface area contributed by atoms with Crippen LogP contribution in [-0.2, 0) is 49.5 Å².